The van der Waals surface area contributed by atoms with Gasteiger partial charge in [-0.3, -0.25) is 4.79 Å². The van der Waals surface area contributed by atoms with Gasteiger partial charge in [-0.15, -0.1) is 0 Å². The quantitative estimate of drug-likeness (QED) is 0.381. The van der Waals surface area contributed by atoms with E-state index in [0.29, 0.717) is 12.1 Å². The van der Waals surface area contributed by atoms with E-state index in [9.17, 15) is 4.79 Å². The first-order valence-electron chi connectivity index (χ1n) is 10.6. The molecule has 3 nitrogen and oxygen atoms in total. The van der Waals surface area contributed by atoms with Crippen molar-refractivity contribution in [2.45, 2.75) is 36.6 Å². The zero-order valence-corrected chi connectivity index (χ0v) is 18.7. The van der Waals surface area contributed by atoms with E-state index in [4.69, 9.17) is 4.98 Å². The van der Waals surface area contributed by atoms with Crippen LogP contribution < -0.4 is 5.32 Å². The molecule has 0 fully saturated rings. The van der Waals surface area contributed by atoms with Gasteiger partial charge in [0.1, 0.15) is 5.03 Å². The van der Waals surface area contributed by atoms with Crippen LogP contribution in [0.2, 0.25) is 0 Å². The summed E-state index contributed by atoms with van der Waals surface area (Å²) in [7, 11) is 0. The van der Waals surface area contributed by atoms with Crippen molar-refractivity contribution in [1.82, 2.24) is 10.3 Å². The van der Waals surface area contributed by atoms with Crippen LogP contribution in [0.3, 0.4) is 0 Å². The van der Waals surface area contributed by atoms with Crippen LogP contribution in [-0.2, 0) is 12.8 Å². The molecule has 0 unspecified atom stereocenters. The van der Waals surface area contributed by atoms with Crippen LogP contribution in [0.5, 0.6) is 0 Å². The fraction of sp³-hybridized carbons (Fsp3) is 0.185. The number of amides is 1. The van der Waals surface area contributed by atoms with Crippen LogP contribution in [0.15, 0.2) is 88.8 Å². The van der Waals surface area contributed by atoms with Crippen LogP contribution in [-0.4, -0.2) is 17.4 Å². The third kappa shape index (κ3) is 5.33. The summed E-state index contributed by atoms with van der Waals surface area (Å²) < 4.78 is 0. The average Bonchev–Trinajstić information content (AvgIpc) is 2.80. The Kier molecular flexibility index (Phi) is 6.68. The fourth-order valence-electron chi connectivity index (χ4n) is 3.48. The molecule has 0 bridgehead atoms. The number of aromatic nitrogens is 1. The first-order valence-corrected chi connectivity index (χ1v) is 11.4. The lowest BCUT2D eigenvalue weighted by atomic mass is 10.1. The van der Waals surface area contributed by atoms with E-state index in [0.717, 1.165) is 33.7 Å². The number of hydrogen-bond donors (Lipinski definition) is 1. The molecule has 1 heterocycles. The first-order chi connectivity index (χ1) is 15.1. The summed E-state index contributed by atoms with van der Waals surface area (Å²) in [6.45, 7) is 4.82. The number of nitrogens with zero attached hydrogens (tertiary/aromatic N) is 1. The molecule has 1 N–H and O–H groups in total. The van der Waals surface area contributed by atoms with Gasteiger partial charge in [-0.1, -0.05) is 78.8 Å². The lowest BCUT2D eigenvalue weighted by Gasteiger charge is -2.11. The molecule has 4 heteroatoms. The molecular weight excluding hydrogens is 400 g/mol. The molecule has 1 aromatic heterocycles. The maximum Gasteiger partial charge on any atom is 0.252 e. The van der Waals surface area contributed by atoms with Crippen molar-refractivity contribution in [3.05, 3.63) is 101 Å². The summed E-state index contributed by atoms with van der Waals surface area (Å²) in [6.07, 6.45) is 1.83. The van der Waals surface area contributed by atoms with Crippen molar-refractivity contribution >= 4 is 28.6 Å². The molecule has 0 saturated carbocycles. The van der Waals surface area contributed by atoms with Gasteiger partial charge in [-0.05, 0) is 55.2 Å². The van der Waals surface area contributed by atoms with E-state index in [2.05, 4.69) is 67.7 Å². The van der Waals surface area contributed by atoms with Crippen molar-refractivity contribution in [3.63, 3.8) is 0 Å². The Labute approximate surface area is 187 Å². The number of fused-ring (bicyclic) bond motifs is 1. The number of rotatable bonds is 7. The molecule has 0 aliphatic carbocycles. The van der Waals surface area contributed by atoms with E-state index in [1.54, 1.807) is 11.8 Å². The highest BCUT2D eigenvalue weighted by atomic mass is 32.2. The second-order valence-electron chi connectivity index (χ2n) is 7.62. The molecule has 3 aromatic carbocycles. The largest absolute Gasteiger partial charge is 0.352 e. The third-order valence-corrected chi connectivity index (χ3v) is 6.24. The lowest BCUT2D eigenvalue weighted by Crippen LogP contribution is -2.26. The predicted molar refractivity (Wildman–Crippen MR) is 129 cm³/mol. The maximum absolute atomic E-state index is 13.0. The van der Waals surface area contributed by atoms with Gasteiger partial charge in [0.05, 0.1) is 11.1 Å². The summed E-state index contributed by atoms with van der Waals surface area (Å²) in [5.41, 5.74) is 5.27. The summed E-state index contributed by atoms with van der Waals surface area (Å²) in [4.78, 5) is 18.9. The number of carbonyl (C=O) groups excluding carboxylic acids is 1. The van der Waals surface area contributed by atoms with Gasteiger partial charge in [0.25, 0.3) is 5.91 Å². The summed E-state index contributed by atoms with van der Waals surface area (Å²) in [6, 6.07) is 26.7. The van der Waals surface area contributed by atoms with Crippen molar-refractivity contribution in [2.75, 3.05) is 6.54 Å². The summed E-state index contributed by atoms with van der Waals surface area (Å²) >= 11 is 1.58. The highest BCUT2D eigenvalue weighted by molar-refractivity contribution is 7.99. The molecule has 31 heavy (non-hydrogen) atoms. The maximum atomic E-state index is 13.0. The Morgan fingerprint density at radius 3 is 2.39 bits per heavy atom. The van der Waals surface area contributed by atoms with Crippen molar-refractivity contribution in [1.29, 1.82) is 0 Å². The summed E-state index contributed by atoms with van der Waals surface area (Å²) in [5.74, 6) is -0.0612. The minimum absolute atomic E-state index is 0.0612. The number of nitrogens with one attached hydrogen (secondary N) is 1. The highest BCUT2D eigenvalue weighted by Crippen LogP contribution is 2.30. The van der Waals surface area contributed by atoms with Gasteiger partial charge in [0.2, 0.25) is 0 Å². The van der Waals surface area contributed by atoms with Gasteiger partial charge in [0, 0.05) is 16.8 Å². The monoisotopic (exact) mass is 426 g/mol. The SMILES string of the molecule is CCc1ccc(Sc2cc(C(=O)NCCc3ccc(C)cc3)c3ccccc3n2)cc1. The van der Waals surface area contributed by atoms with Gasteiger partial charge >= 0.3 is 0 Å². The molecular formula is C27H26N2OS. The van der Waals surface area contributed by atoms with E-state index in [1.807, 2.05) is 30.3 Å². The summed E-state index contributed by atoms with van der Waals surface area (Å²) in [5, 5.41) is 4.79. The Morgan fingerprint density at radius 2 is 1.65 bits per heavy atom. The lowest BCUT2D eigenvalue weighted by molar-refractivity contribution is 0.0955. The molecule has 0 atom stereocenters. The highest BCUT2D eigenvalue weighted by Gasteiger charge is 2.13. The molecule has 0 aliphatic heterocycles. The molecule has 4 aromatic rings. The van der Waals surface area contributed by atoms with Gasteiger partial charge in [-0.2, -0.15) is 0 Å². The second-order valence-corrected chi connectivity index (χ2v) is 8.71. The van der Waals surface area contributed by atoms with Crippen molar-refractivity contribution < 1.29 is 4.79 Å². The van der Waals surface area contributed by atoms with Crippen LogP contribution in [0.4, 0.5) is 0 Å². The third-order valence-electron chi connectivity index (χ3n) is 5.31. The fourth-order valence-corrected chi connectivity index (χ4v) is 4.31. The molecule has 156 valence electrons. The smallest absolute Gasteiger partial charge is 0.252 e. The van der Waals surface area contributed by atoms with E-state index in [-0.39, 0.29) is 5.91 Å². The standard InChI is InChI=1S/C27H26N2OS/c1-3-20-12-14-22(15-13-20)31-26-18-24(23-6-4-5-7-25(23)29-26)27(30)28-17-16-21-10-8-19(2)9-11-21/h4-15,18H,3,16-17H2,1-2H3,(H,28,30). The van der Waals surface area contributed by atoms with Crippen LogP contribution in [0, 0.1) is 6.92 Å². The minimum atomic E-state index is -0.0612. The zero-order valence-electron chi connectivity index (χ0n) is 17.9. The Bertz CT molecular complexity index is 1180. The van der Waals surface area contributed by atoms with E-state index >= 15 is 0 Å². The Morgan fingerprint density at radius 1 is 0.935 bits per heavy atom. The number of benzene rings is 3. The second kappa shape index (κ2) is 9.80. The zero-order chi connectivity index (χ0) is 21.6. The predicted octanol–water partition coefficient (Wildman–Crippen LogP) is 6.23. The van der Waals surface area contributed by atoms with E-state index < -0.39 is 0 Å². The van der Waals surface area contributed by atoms with Gasteiger partial charge in [-0.25, -0.2) is 4.98 Å². The molecule has 0 radical (unpaired) electrons. The van der Waals surface area contributed by atoms with E-state index in [1.165, 1.54) is 16.7 Å². The first kappa shape index (κ1) is 21.1. The van der Waals surface area contributed by atoms with Crippen molar-refractivity contribution in [3.8, 4) is 0 Å². The number of carbonyl (C=O) groups is 1. The molecule has 4 rings (SSSR count). The Balaban J connectivity index is 1.53. The number of para-hydroxylation sites is 1. The number of hydrogen-bond acceptors (Lipinski definition) is 3. The van der Waals surface area contributed by atoms with Crippen LogP contribution >= 0.6 is 11.8 Å². The number of pyridine rings is 1. The van der Waals surface area contributed by atoms with Crippen molar-refractivity contribution in [2.24, 2.45) is 0 Å². The Hall–Kier alpha value is -3.11. The minimum Gasteiger partial charge on any atom is -0.352 e. The normalized spacial score (nSPS) is 10.9. The average molecular weight is 427 g/mol. The van der Waals surface area contributed by atoms with Gasteiger partial charge < -0.3 is 5.32 Å². The van der Waals surface area contributed by atoms with Crippen LogP contribution in [0.1, 0.15) is 34.0 Å². The molecule has 0 spiro atoms. The topological polar surface area (TPSA) is 42.0 Å². The molecule has 1 amide bonds. The molecule has 0 saturated heterocycles. The molecule has 0 aliphatic rings. The van der Waals surface area contributed by atoms with Crippen LogP contribution in [0.25, 0.3) is 10.9 Å². The van der Waals surface area contributed by atoms with Gasteiger partial charge in [0.15, 0.2) is 0 Å². The number of aryl methyl sites for hydroxylation is 2.